The smallest absolute Gasteiger partial charge is 0.242 e. The third kappa shape index (κ3) is 7.16. The number of amides is 2. The van der Waals surface area contributed by atoms with E-state index in [9.17, 15) is 9.59 Å². The molecule has 1 aliphatic rings. The molecule has 0 radical (unpaired) electrons. The van der Waals surface area contributed by atoms with Gasteiger partial charge in [-0.25, -0.2) is 0 Å². The largest absolute Gasteiger partial charge is 0.352 e. The van der Waals surface area contributed by atoms with Crippen LogP contribution < -0.4 is 5.32 Å². The molecule has 1 atom stereocenters. The van der Waals surface area contributed by atoms with Gasteiger partial charge in [-0.05, 0) is 49.9 Å². The Morgan fingerprint density at radius 1 is 1.06 bits per heavy atom. The zero-order valence-corrected chi connectivity index (χ0v) is 20.9. The van der Waals surface area contributed by atoms with Crippen LogP contribution in [0, 0.1) is 6.92 Å². The Morgan fingerprint density at radius 2 is 1.72 bits per heavy atom. The first-order valence-corrected chi connectivity index (χ1v) is 12.9. The number of hydrogen-bond acceptors (Lipinski definition) is 3. The van der Waals surface area contributed by atoms with Crippen molar-refractivity contribution in [3.05, 3.63) is 69.2 Å². The predicted octanol–water partition coefficient (Wildman–Crippen LogP) is 6.01. The van der Waals surface area contributed by atoms with E-state index in [1.165, 1.54) is 11.8 Å². The summed E-state index contributed by atoms with van der Waals surface area (Å²) < 4.78 is 0. The first-order chi connectivity index (χ1) is 15.3. The lowest BCUT2D eigenvalue weighted by Gasteiger charge is -2.29. The summed E-state index contributed by atoms with van der Waals surface area (Å²) in [5.41, 5.74) is 3.18. The van der Waals surface area contributed by atoms with Crippen molar-refractivity contribution in [2.24, 2.45) is 0 Å². The monoisotopic (exact) mass is 492 g/mol. The number of carbonyl (C=O) groups excluding carboxylic acids is 2. The molecule has 7 heteroatoms. The fourth-order valence-corrected chi connectivity index (χ4v) is 5.01. The fraction of sp³-hybridized carbons (Fsp3) is 0.440. The quantitative estimate of drug-likeness (QED) is 0.466. The average molecular weight is 494 g/mol. The second-order valence-electron chi connectivity index (χ2n) is 8.41. The summed E-state index contributed by atoms with van der Waals surface area (Å²) in [4.78, 5) is 27.8. The molecular formula is C25H30Cl2N2O2S. The minimum Gasteiger partial charge on any atom is -0.352 e. The lowest BCUT2D eigenvalue weighted by Crippen LogP contribution is -2.50. The molecule has 1 aliphatic carbocycles. The van der Waals surface area contributed by atoms with Crippen LogP contribution in [0.25, 0.3) is 0 Å². The Labute approximate surface area is 205 Å². The first kappa shape index (κ1) is 24.9. The van der Waals surface area contributed by atoms with Crippen molar-refractivity contribution in [2.75, 3.05) is 5.75 Å². The molecule has 2 amide bonds. The van der Waals surface area contributed by atoms with Crippen LogP contribution in [0.3, 0.4) is 0 Å². The minimum absolute atomic E-state index is 0.0512. The third-order valence-corrected chi connectivity index (χ3v) is 7.55. The van der Waals surface area contributed by atoms with Crippen LogP contribution in [0.2, 0.25) is 10.0 Å². The number of thioether (sulfide) groups is 1. The second-order valence-corrected chi connectivity index (χ2v) is 10.2. The number of rotatable bonds is 9. The lowest BCUT2D eigenvalue weighted by atomic mass is 10.1. The average Bonchev–Trinajstić information content (AvgIpc) is 3.28. The van der Waals surface area contributed by atoms with Gasteiger partial charge in [0.1, 0.15) is 6.04 Å². The van der Waals surface area contributed by atoms with E-state index in [0.717, 1.165) is 42.4 Å². The summed E-state index contributed by atoms with van der Waals surface area (Å²) in [6.07, 6.45) is 4.33. The van der Waals surface area contributed by atoms with Crippen LogP contribution >= 0.6 is 35.0 Å². The first-order valence-electron chi connectivity index (χ1n) is 11.0. The molecule has 0 heterocycles. The van der Waals surface area contributed by atoms with Crippen LogP contribution in [0.15, 0.2) is 42.5 Å². The highest BCUT2D eigenvalue weighted by Crippen LogP contribution is 2.25. The predicted molar refractivity (Wildman–Crippen MR) is 134 cm³/mol. The van der Waals surface area contributed by atoms with E-state index in [1.54, 1.807) is 11.0 Å². The molecule has 0 aromatic heterocycles. The maximum absolute atomic E-state index is 13.2. The van der Waals surface area contributed by atoms with Crippen LogP contribution in [-0.2, 0) is 21.9 Å². The summed E-state index contributed by atoms with van der Waals surface area (Å²) in [5.74, 6) is 0.799. The van der Waals surface area contributed by atoms with E-state index in [4.69, 9.17) is 23.2 Å². The molecular weight excluding hydrogens is 463 g/mol. The van der Waals surface area contributed by atoms with Crippen molar-refractivity contribution in [1.29, 1.82) is 0 Å². The number of benzene rings is 2. The Bertz CT molecular complexity index is 930. The van der Waals surface area contributed by atoms with E-state index in [0.29, 0.717) is 22.3 Å². The van der Waals surface area contributed by atoms with Crippen LogP contribution in [-0.4, -0.2) is 34.6 Å². The number of nitrogens with one attached hydrogen (secondary N) is 1. The molecule has 1 N–H and O–H groups in total. The number of nitrogens with zero attached hydrogens (tertiary/aromatic N) is 1. The maximum Gasteiger partial charge on any atom is 0.242 e. The SMILES string of the molecule is Cc1ccc(CN(C(=O)CSCc2ccc(Cl)c(Cl)c2)C(C)C(=O)NC2CCCC2)cc1. The van der Waals surface area contributed by atoms with Gasteiger partial charge in [-0.2, -0.15) is 0 Å². The molecule has 0 aliphatic heterocycles. The van der Waals surface area contributed by atoms with Crippen LogP contribution in [0.4, 0.5) is 0 Å². The van der Waals surface area contributed by atoms with Crippen LogP contribution in [0.1, 0.15) is 49.3 Å². The Hall–Kier alpha value is -1.69. The normalized spacial score (nSPS) is 14.9. The van der Waals surface area contributed by atoms with Gasteiger partial charge in [-0.3, -0.25) is 9.59 Å². The molecule has 2 aromatic carbocycles. The molecule has 3 rings (SSSR count). The Kier molecular flexibility index (Phi) is 9.33. The third-order valence-electron chi connectivity index (χ3n) is 5.82. The minimum atomic E-state index is -0.532. The summed E-state index contributed by atoms with van der Waals surface area (Å²) in [5, 5.41) is 4.16. The molecule has 172 valence electrons. The van der Waals surface area contributed by atoms with E-state index in [2.05, 4.69) is 5.32 Å². The van der Waals surface area contributed by atoms with Gasteiger partial charge >= 0.3 is 0 Å². The summed E-state index contributed by atoms with van der Waals surface area (Å²) in [6.45, 7) is 4.26. The van der Waals surface area contributed by atoms with Crippen molar-refractivity contribution in [3.8, 4) is 0 Å². The van der Waals surface area contributed by atoms with Crippen molar-refractivity contribution >= 4 is 46.8 Å². The summed E-state index contributed by atoms with van der Waals surface area (Å²) in [6, 6.07) is 13.3. The molecule has 0 spiro atoms. The number of aryl methyl sites for hydroxylation is 1. The Morgan fingerprint density at radius 3 is 2.38 bits per heavy atom. The van der Waals surface area contributed by atoms with E-state index >= 15 is 0 Å². The molecule has 0 bridgehead atoms. The fourth-order valence-electron chi connectivity index (χ4n) is 3.83. The van der Waals surface area contributed by atoms with Crippen molar-refractivity contribution in [3.63, 3.8) is 0 Å². The zero-order valence-electron chi connectivity index (χ0n) is 18.6. The molecule has 1 saturated carbocycles. The molecule has 32 heavy (non-hydrogen) atoms. The highest BCUT2D eigenvalue weighted by molar-refractivity contribution is 7.99. The van der Waals surface area contributed by atoms with Gasteiger partial charge in [0.05, 0.1) is 15.8 Å². The second kappa shape index (κ2) is 12.0. The van der Waals surface area contributed by atoms with Gasteiger partial charge in [-0.1, -0.05) is 71.9 Å². The van der Waals surface area contributed by atoms with Gasteiger partial charge in [0.2, 0.25) is 11.8 Å². The van der Waals surface area contributed by atoms with E-state index in [1.807, 2.05) is 50.2 Å². The standard InChI is InChI=1S/C25H30Cl2N2O2S/c1-17-7-9-19(10-8-17)14-29(18(2)25(31)28-21-5-3-4-6-21)24(30)16-32-15-20-11-12-22(26)23(27)13-20/h7-13,18,21H,3-6,14-16H2,1-2H3,(H,28,31). The van der Waals surface area contributed by atoms with Crippen molar-refractivity contribution < 1.29 is 9.59 Å². The topological polar surface area (TPSA) is 49.4 Å². The molecule has 4 nitrogen and oxygen atoms in total. The summed E-state index contributed by atoms with van der Waals surface area (Å²) >= 11 is 13.6. The summed E-state index contributed by atoms with van der Waals surface area (Å²) in [7, 11) is 0. The highest BCUT2D eigenvalue weighted by Gasteiger charge is 2.28. The number of carbonyl (C=O) groups is 2. The van der Waals surface area contributed by atoms with Gasteiger partial charge in [0.25, 0.3) is 0 Å². The van der Waals surface area contributed by atoms with Gasteiger partial charge in [0, 0.05) is 18.3 Å². The van der Waals surface area contributed by atoms with Crippen molar-refractivity contribution in [2.45, 2.75) is 63.9 Å². The number of halogens is 2. The molecule has 2 aromatic rings. The van der Waals surface area contributed by atoms with Gasteiger partial charge in [0.15, 0.2) is 0 Å². The zero-order chi connectivity index (χ0) is 23.1. The molecule has 1 unspecified atom stereocenters. The lowest BCUT2D eigenvalue weighted by molar-refractivity contribution is -0.138. The van der Waals surface area contributed by atoms with Crippen LogP contribution in [0.5, 0.6) is 0 Å². The maximum atomic E-state index is 13.2. The van der Waals surface area contributed by atoms with Gasteiger partial charge < -0.3 is 10.2 Å². The molecule has 1 fully saturated rings. The van der Waals surface area contributed by atoms with Crippen molar-refractivity contribution in [1.82, 2.24) is 10.2 Å². The molecule has 0 saturated heterocycles. The highest BCUT2D eigenvalue weighted by atomic mass is 35.5. The number of hydrogen-bond donors (Lipinski definition) is 1. The van der Waals surface area contributed by atoms with Gasteiger partial charge in [-0.15, -0.1) is 11.8 Å². The Balaban J connectivity index is 1.65. The van der Waals surface area contributed by atoms with E-state index in [-0.39, 0.29) is 23.6 Å². The van der Waals surface area contributed by atoms with E-state index < -0.39 is 6.04 Å².